The number of carbonyl (C=O) groups excluding carboxylic acids is 3. The Labute approximate surface area is 204 Å². The molecule has 4 aromatic carbocycles. The highest BCUT2D eigenvalue weighted by Crippen LogP contribution is 2.35. The number of amidine groups is 1. The van der Waals surface area contributed by atoms with Gasteiger partial charge in [0.15, 0.2) is 0 Å². The lowest BCUT2D eigenvalue weighted by Crippen LogP contribution is -2.37. The number of carboxylic acid groups (broad SMARTS) is 1. The second-order valence-electron chi connectivity index (χ2n) is 8.00. The van der Waals surface area contributed by atoms with Crippen molar-refractivity contribution in [1.29, 1.82) is 0 Å². The van der Waals surface area contributed by atoms with Crippen molar-refractivity contribution in [3.05, 3.63) is 107 Å². The summed E-state index contributed by atoms with van der Waals surface area (Å²) < 4.78 is 0. The van der Waals surface area contributed by atoms with Crippen LogP contribution in [0.5, 0.6) is 0 Å². The summed E-state index contributed by atoms with van der Waals surface area (Å²) in [7, 11) is 0. The minimum Gasteiger partial charge on any atom is -0.478 e. The van der Waals surface area contributed by atoms with Crippen LogP contribution in [0.3, 0.4) is 0 Å². The van der Waals surface area contributed by atoms with Crippen LogP contribution in [0.2, 0.25) is 0 Å². The van der Waals surface area contributed by atoms with Gasteiger partial charge in [-0.25, -0.2) is 9.79 Å². The van der Waals surface area contributed by atoms with Crippen molar-refractivity contribution in [2.45, 2.75) is 0 Å². The molecular formula is C27H18N4O5. The molecule has 0 spiro atoms. The first-order valence-corrected chi connectivity index (χ1v) is 10.8. The molecule has 36 heavy (non-hydrogen) atoms. The molecule has 0 saturated carbocycles. The maximum absolute atomic E-state index is 13.4. The molecule has 4 aromatic rings. The number of rotatable bonds is 5. The largest absolute Gasteiger partial charge is 0.478 e. The highest BCUT2D eigenvalue weighted by Gasteiger charge is 2.33. The van der Waals surface area contributed by atoms with E-state index in [1.165, 1.54) is 18.2 Å². The van der Waals surface area contributed by atoms with Crippen LogP contribution in [0, 0.1) is 0 Å². The molecule has 5 N–H and O–H groups in total. The van der Waals surface area contributed by atoms with Gasteiger partial charge in [0.2, 0.25) is 0 Å². The lowest BCUT2D eigenvalue weighted by Gasteiger charge is -2.22. The molecule has 5 rings (SSSR count). The zero-order valence-corrected chi connectivity index (χ0v) is 18.6. The van der Waals surface area contributed by atoms with E-state index in [9.17, 15) is 24.3 Å². The molecule has 176 valence electrons. The Morgan fingerprint density at radius 2 is 1.47 bits per heavy atom. The van der Waals surface area contributed by atoms with Gasteiger partial charge in [0, 0.05) is 33.2 Å². The first-order chi connectivity index (χ1) is 17.3. The van der Waals surface area contributed by atoms with Crippen molar-refractivity contribution in [1.82, 2.24) is 5.32 Å². The molecule has 9 heteroatoms. The standard InChI is InChI=1S/C27H18N4O5/c28-23(29-14-7-3-1-4-8-14)18-13-19(27(35)36)22-21-17(25(33)31-26(22)34)12-11-16(20(18)21)24(32)30-15-9-5-2-6-10-15/h1-13H,(H2,28,29)(H,30,32)(H,35,36)(H,31,33,34). The average molecular weight is 478 g/mol. The summed E-state index contributed by atoms with van der Waals surface area (Å²) in [5.41, 5.74) is 7.04. The minimum absolute atomic E-state index is 0.0329. The second kappa shape index (κ2) is 8.80. The summed E-state index contributed by atoms with van der Waals surface area (Å²) in [5, 5.41) is 15.0. The highest BCUT2D eigenvalue weighted by molar-refractivity contribution is 6.33. The summed E-state index contributed by atoms with van der Waals surface area (Å²) in [6.45, 7) is 0. The van der Waals surface area contributed by atoms with Crippen LogP contribution in [0.15, 0.2) is 83.9 Å². The first kappa shape index (κ1) is 22.5. The monoisotopic (exact) mass is 478 g/mol. The van der Waals surface area contributed by atoms with E-state index < -0.39 is 23.7 Å². The van der Waals surface area contributed by atoms with Gasteiger partial charge in [-0.15, -0.1) is 0 Å². The van der Waals surface area contributed by atoms with E-state index in [4.69, 9.17) is 5.73 Å². The molecule has 0 saturated heterocycles. The van der Waals surface area contributed by atoms with E-state index in [0.29, 0.717) is 11.4 Å². The predicted octanol–water partition coefficient (Wildman–Crippen LogP) is 3.71. The van der Waals surface area contributed by atoms with Crippen molar-refractivity contribution < 1.29 is 24.3 Å². The fraction of sp³-hybridized carbons (Fsp3) is 0. The fourth-order valence-corrected chi connectivity index (χ4v) is 4.21. The van der Waals surface area contributed by atoms with E-state index in [0.717, 1.165) is 0 Å². The smallest absolute Gasteiger partial charge is 0.336 e. The molecule has 1 aliphatic heterocycles. The number of benzene rings is 4. The number of hydrogen-bond acceptors (Lipinski definition) is 5. The number of anilines is 1. The molecule has 9 nitrogen and oxygen atoms in total. The van der Waals surface area contributed by atoms with Crippen molar-refractivity contribution in [3.8, 4) is 0 Å². The third-order valence-electron chi connectivity index (χ3n) is 5.77. The summed E-state index contributed by atoms with van der Waals surface area (Å²) in [6, 6.07) is 21.5. The van der Waals surface area contributed by atoms with Crippen LogP contribution in [-0.2, 0) is 0 Å². The molecule has 0 bridgehead atoms. The number of nitrogens with zero attached hydrogens (tertiary/aromatic N) is 1. The predicted molar refractivity (Wildman–Crippen MR) is 134 cm³/mol. The van der Waals surface area contributed by atoms with E-state index in [1.54, 1.807) is 60.7 Å². The number of hydrogen-bond donors (Lipinski definition) is 4. The summed E-state index contributed by atoms with van der Waals surface area (Å²) in [6.07, 6.45) is 0. The van der Waals surface area contributed by atoms with Crippen LogP contribution in [0.25, 0.3) is 10.8 Å². The normalized spacial score (nSPS) is 12.8. The Morgan fingerprint density at radius 1 is 0.806 bits per heavy atom. The molecule has 0 aliphatic carbocycles. The molecular weight excluding hydrogens is 460 g/mol. The van der Waals surface area contributed by atoms with Crippen molar-refractivity contribution in [3.63, 3.8) is 0 Å². The molecule has 0 fully saturated rings. The van der Waals surface area contributed by atoms with Crippen LogP contribution >= 0.6 is 0 Å². The van der Waals surface area contributed by atoms with Crippen LogP contribution in [0.1, 0.15) is 47.0 Å². The van der Waals surface area contributed by atoms with Gasteiger partial charge >= 0.3 is 5.97 Å². The number of carbonyl (C=O) groups is 4. The lowest BCUT2D eigenvalue weighted by molar-refractivity contribution is 0.0687. The number of aliphatic imine (C=N–C) groups is 1. The van der Waals surface area contributed by atoms with Gasteiger partial charge in [-0.05, 0) is 42.5 Å². The maximum Gasteiger partial charge on any atom is 0.336 e. The van der Waals surface area contributed by atoms with E-state index in [2.05, 4.69) is 15.6 Å². The van der Waals surface area contributed by atoms with E-state index >= 15 is 0 Å². The van der Waals surface area contributed by atoms with E-state index in [-0.39, 0.29) is 44.4 Å². The third-order valence-corrected chi connectivity index (χ3v) is 5.77. The van der Waals surface area contributed by atoms with Gasteiger partial charge in [-0.2, -0.15) is 0 Å². The van der Waals surface area contributed by atoms with Crippen LogP contribution in [-0.4, -0.2) is 34.6 Å². The zero-order valence-electron chi connectivity index (χ0n) is 18.6. The number of amides is 3. The summed E-state index contributed by atoms with van der Waals surface area (Å²) in [5.74, 6) is -3.59. The van der Waals surface area contributed by atoms with Crippen molar-refractivity contribution in [2.75, 3.05) is 5.32 Å². The van der Waals surface area contributed by atoms with Gasteiger partial charge in [-0.3, -0.25) is 19.7 Å². The van der Waals surface area contributed by atoms with Crippen molar-refractivity contribution >= 4 is 51.7 Å². The topological polar surface area (TPSA) is 151 Å². The Bertz CT molecular complexity index is 1610. The number of para-hydroxylation sites is 2. The highest BCUT2D eigenvalue weighted by atomic mass is 16.4. The Balaban J connectivity index is 1.84. The lowest BCUT2D eigenvalue weighted by atomic mass is 9.85. The second-order valence-corrected chi connectivity index (χ2v) is 8.00. The summed E-state index contributed by atoms with van der Waals surface area (Å²) in [4.78, 5) is 55.4. The molecule has 1 aliphatic rings. The molecule has 3 amide bonds. The van der Waals surface area contributed by atoms with Gasteiger partial charge in [0.25, 0.3) is 17.7 Å². The van der Waals surface area contributed by atoms with E-state index in [1.807, 2.05) is 0 Å². The molecule has 0 radical (unpaired) electrons. The van der Waals surface area contributed by atoms with Crippen molar-refractivity contribution in [2.24, 2.45) is 10.7 Å². The van der Waals surface area contributed by atoms with Crippen LogP contribution < -0.4 is 16.4 Å². The number of imide groups is 1. The molecule has 0 atom stereocenters. The van der Waals surface area contributed by atoms with Gasteiger partial charge in [-0.1, -0.05) is 36.4 Å². The average Bonchev–Trinajstić information content (AvgIpc) is 2.87. The molecule has 1 heterocycles. The van der Waals surface area contributed by atoms with Gasteiger partial charge in [0.05, 0.1) is 16.8 Å². The van der Waals surface area contributed by atoms with Crippen LogP contribution in [0.4, 0.5) is 11.4 Å². The Kier molecular flexibility index (Phi) is 5.50. The third kappa shape index (κ3) is 3.84. The maximum atomic E-state index is 13.4. The summed E-state index contributed by atoms with van der Waals surface area (Å²) >= 11 is 0. The Hall–Kier alpha value is -5.31. The number of carboxylic acids is 1. The number of nitrogens with one attached hydrogen (secondary N) is 2. The molecule has 0 unspecified atom stereocenters. The minimum atomic E-state index is -1.39. The first-order valence-electron chi connectivity index (χ1n) is 10.8. The SMILES string of the molecule is NC(=Nc1ccccc1)c1cc(C(=O)O)c2c3c(ccc(C(=O)Nc4ccccc4)c13)C(=O)NC2=O. The van der Waals surface area contributed by atoms with Gasteiger partial charge in [0.1, 0.15) is 5.84 Å². The molecule has 0 aromatic heterocycles. The zero-order chi connectivity index (χ0) is 25.4. The Morgan fingerprint density at radius 3 is 2.14 bits per heavy atom. The van der Waals surface area contributed by atoms with Gasteiger partial charge < -0.3 is 16.2 Å². The fourth-order valence-electron chi connectivity index (χ4n) is 4.21. The number of nitrogens with two attached hydrogens (primary N) is 1. The number of aromatic carboxylic acids is 1. The quantitative estimate of drug-likeness (QED) is 0.195.